The summed E-state index contributed by atoms with van der Waals surface area (Å²) in [6, 6.07) is 10.6. The van der Waals surface area contributed by atoms with E-state index in [1.54, 1.807) is 24.3 Å². The van der Waals surface area contributed by atoms with Crippen molar-refractivity contribution in [3.05, 3.63) is 77.1 Å². The number of pyridine rings is 2. The van der Waals surface area contributed by atoms with Gasteiger partial charge in [0.05, 0.1) is 24.0 Å². The van der Waals surface area contributed by atoms with Crippen LogP contribution in [0.1, 0.15) is 34.1 Å². The predicted octanol–water partition coefficient (Wildman–Crippen LogP) is 3.16. The maximum absolute atomic E-state index is 15.0. The Hall–Kier alpha value is -3.79. The average molecular weight is 483 g/mol. The van der Waals surface area contributed by atoms with Gasteiger partial charge in [0.2, 0.25) is 0 Å². The molecule has 1 aliphatic heterocycles. The van der Waals surface area contributed by atoms with Crippen molar-refractivity contribution in [1.82, 2.24) is 20.2 Å². The van der Waals surface area contributed by atoms with Gasteiger partial charge in [0.25, 0.3) is 5.91 Å². The van der Waals surface area contributed by atoms with E-state index >= 15 is 4.39 Å². The van der Waals surface area contributed by atoms with E-state index in [0.29, 0.717) is 48.8 Å². The Kier molecular flexibility index (Phi) is 7.40. The van der Waals surface area contributed by atoms with Crippen molar-refractivity contribution in [3.63, 3.8) is 0 Å². The van der Waals surface area contributed by atoms with Crippen molar-refractivity contribution in [2.75, 3.05) is 44.4 Å². The molecule has 1 unspecified atom stereocenters. The minimum atomic E-state index is -0.588. The number of benzene rings is 1. The Balaban J connectivity index is 1.51. The number of rotatable bonds is 8. The molecule has 10 heteroatoms. The molecule has 0 fully saturated rings. The molecule has 0 saturated heterocycles. The molecule has 4 rings (SSSR count). The van der Waals surface area contributed by atoms with Gasteiger partial charge in [0, 0.05) is 32.6 Å². The molecule has 2 aromatic heterocycles. The number of nitrogens with zero attached hydrogens (tertiary/aromatic N) is 4. The lowest BCUT2D eigenvalue weighted by molar-refractivity contribution is 0.0751. The van der Waals surface area contributed by atoms with Gasteiger partial charge in [-0.3, -0.25) is 9.78 Å². The number of anilines is 2. The van der Waals surface area contributed by atoms with Crippen molar-refractivity contribution < 1.29 is 18.3 Å². The summed E-state index contributed by atoms with van der Waals surface area (Å²) in [5.41, 5.74) is 6.96. The van der Waals surface area contributed by atoms with Crippen LogP contribution in [0.4, 0.5) is 20.4 Å². The Morgan fingerprint density at radius 3 is 2.77 bits per heavy atom. The molecule has 0 aliphatic carbocycles. The fourth-order valence-electron chi connectivity index (χ4n) is 3.97. The fraction of sp³-hybridized carbons (Fsp3) is 0.320. The maximum Gasteiger partial charge on any atom is 0.258 e. The van der Waals surface area contributed by atoms with E-state index in [-0.39, 0.29) is 29.7 Å². The van der Waals surface area contributed by atoms with E-state index in [1.807, 2.05) is 19.0 Å². The predicted molar refractivity (Wildman–Crippen MR) is 129 cm³/mol. The molecule has 0 saturated carbocycles. The first-order chi connectivity index (χ1) is 16.9. The van der Waals surface area contributed by atoms with E-state index < -0.39 is 11.9 Å². The SMILES string of the molecule is CNCCC(Oc1cnc(CN2CCN(C)c3nc(N)ccc3C2=O)c(F)c1)c1cccc(F)c1. The number of nitrogen functional groups attached to an aromatic ring is 1. The normalized spacial score (nSPS) is 14.5. The first-order valence-corrected chi connectivity index (χ1v) is 11.3. The van der Waals surface area contributed by atoms with Crippen LogP contribution in [0.15, 0.2) is 48.7 Å². The molecular formula is C25H28F2N6O2. The topological polar surface area (TPSA) is 96.6 Å². The third-order valence-corrected chi connectivity index (χ3v) is 5.87. The number of nitrogens with one attached hydrogen (secondary N) is 1. The smallest absolute Gasteiger partial charge is 0.258 e. The number of amides is 1. The highest BCUT2D eigenvalue weighted by atomic mass is 19.1. The Morgan fingerprint density at radius 2 is 2.03 bits per heavy atom. The minimum absolute atomic E-state index is 0.00428. The summed E-state index contributed by atoms with van der Waals surface area (Å²) in [5, 5.41) is 3.04. The number of carbonyl (C=O) groups is 1. The Labute approximate surface area is 202 Å². The van der Waals surface area contributed by atoms with Crippen molar-refractivity contribution in [3.8, 4) is 5.75 Å². The van der Waals surface area contributed by atoms with Crippen LogP contribution < -0.4 is 20.7 Å². The van der Waals surface area contributed by atoms with Crippen LogP contribution >= 0.6 is 0 Å². The quantitative estimate of drug-likeness (QED) is 0.509. The summed E-state index contributed by atoms with van der Waals surface area (Å²) < 4.78 is 34.8. The summed E-state index contributed by atoms with van der Waals surface area (Å²) in [4.78, 5) is 25.0. The van der Waals surface area contributed by atoms with Crippen LogP contribution in [0.2, 0.25) is 0 Å². The monoisotopic (exact) mass is 482 g/mol. The van der Waals surface area contributed by atoms with Crippen LogP contribution in [0, 0.1) is 11.6 Å². The molecule has 0 bridgehead atoms. The van der Waals surface area contributed by atoms with E-state index in [0.717, 1.165) is 0 Å². The van der Waals surface area contributed by atoms with Crippen LogP contribution in [-0.4, -0.2) is 54.5 Å². The number of hydrogen-bond acceptors (Lipinski definition) is 7. The minimum Gasteiger partial charge on any atom is -0.484 e. The molecule has 1 amide bonds. The van der Waals surface area contributed by atoms with Crippen molar-refractivity contribution in [1.29, 1.82) is 0 Å². The number of halogens is 2. The van der Waals surface area contributed by atoms with Gasteiger partial charge in [-0.25, -0.2) is 13.8 Å². The maximum atomic E-state index is 15.0. The second-order valence-corrected chi connectivity index (χ2v) is 8.41. The van der Waals surface area contributed by atoms with Crippen molar-refractivity contribution in [2.24, 2.45) is 0 Å². The number of aromatic nitrogens is 2. The molecule has 0 radical (unpaired) electrons. The van der Waals surface area contributed by atoms with Gasteiger partial charge in [-0.1, -0.05) is 12.1 Å². The van der Waals surface area contributed by atoms with Crippen molar-refractivity contribution >= 4 is 17.5 Å². The molecule has 1 aliphatic rings. The molecule has 0 spiro atoms. The zero-order valence-corrected chi connectivity index (χ0v) is 19.7. The van der Waals surface area contributed by atoms with E-state index in [2.05, 4.69) is 15.3 Å². The standard InChI is InChI=1S/C25H28F2N6O2/c1-29-9-8-22(16-4-3-5-17(26)12-16)35-18-13-20(27)21(30-14-18)15-33-11-10-32(2)24-19(25(33)34)6-7-23(28)31-24/h3-7,12-14,22,29H,8-11,15H2,1-2H3,(H2,28,31). The number of nitrogens with two attached hydrogens (primary N) is 1. The third kappa shape index (κ3) is 5.65. The van der Waals surface area contributed by atoms with Gasteiger partial charge in [-0.2, -0.15) is 0 Å². The van der Waals surface area contributed by atoms with Crippen molar-refractivity contribution in [2.45, 2.75) is 19.1 Å². The summed E-state index contributed by atoms with van der Waals surface area (Å²) in [6.45, 7) is 1.51. The second kappa shape index (κ2) is 10.6. The highest BCUT2D eigenvalue weighted by molar-refractivity contribution is 5.99. The molecule has 184 valence electrons. The number of fused-ring (bicyclic) bond motifs is 1. The second-order valence-electron chi connectivity index (χ2n) is 8.41. The van der Waals surface area contributed by atoms with Crippen LogP contribution in [-0.2, 0) is 6.54 Å². The molecule has 8 nitrogen and oxygen atoms in total. The van der Waals surface area contributed by atoms with Gasteiger partial charge in [-0.05, 0) is 43.4 Å². The highest BCUT2D eigenvalue weighted by Crippen LogP contribution is 2.27. The first-order valence-electron chi connectivity index (χ1n) is 11.3. The molecule has 35 heavy (non-hydrogen) atoms. The lowest BCUT2D eigenvalue weighted by Gasteiger charge is -2.22. The van der Waals surface area contributed by atoms with E-state index in [1.165, 1.54) is 29.3 Å². The third-order valence-electron chi connectivity index (χ3n) is 5.87. The van der Waals surface area contributed by atoms with Crippen LogP contribution in [0.3, 0.4) is 0 Å². The number of ether oxygens (including phenoxy) is 1. The largest absolute Gasteiger partial charge is 0.484 e. The molecular weight excluding hydrogens is 454 g/mol. The Bertz CT molecular complexity index is 1210. The van der Waals surface area contributed by atoms with E-state index in [9.17, 15) is 9.18 Å². The van der Waals surface area contributed by atoms with Gasteiger partial charge in [-0.15, -0.1) is 0 Å². The average Bonchev–Trinajstić information content (AvgIpc) is 2.95. The number of carbonyl (C=O) groups excluding carboxylic acids is 1. The van der Waals surface area contributed by atoms with Gasteiger partial charge >= 0.3 is 0 Å². The zero-order valence-electron chi connectivity index (χ0n) is 19.7. The molecule has 1 atom stereocenters. The summed E-state index contributed by atoms with van der Waals surface area (Å²) in [7, 11) is 3.64. The lowest BCUT2D eigenvalue weighted by Crippen LogP contribution is -2.33. The van der Waals surface area contributed by atoms with Crippen LogP contribution in [0.5, 0.6) is 5.75 Å². The molecule has 1 aromatic carbocycles. The summed E-state index contributed by atoms with van der Waals surface area (Å²) in [6.07, 6.45) is 1.50. The molecule has 3 N–H and O–H groups in total. The summed E-state index contributed by atoms with van der Waals surface area (Å²) >= 11 is 0. The van der Waals surface area contributed by atoms with E-state index in [4.69, 9.17) is 10.5 Å². The summed E-state index contributed by atoms with van der Waals surface area (Å²) in [5.74, 6) is -0.172. The highest BCUT2D eigenvalue weighted by Gasteiger charge is 2.27. The van der Waals surface area contributed by atoms with Gasteiger partial charge in [0.15, 0.2) is 0 Å². The number of hydrogen-bond donors (Lipinski definition) is 2. The van der Waals surface area contributed by atoms with Gasteiger partial charge in [0.1, 0.15) is 35.1 Å². The number of likely N-dealkylation sites (N-methyl/N-ethyl adjacent to an activating group) is 1. The molecule has 3 aromatic rings. The zero-order chi connectivity index (χ0) is 24.9. The van der Waals surface area contributed by atoms with Gasteiger partial charge < -0.3 is 25.6 Å². The van der Waals surface area contributed by atoms with Crippen LogP contribution in [0.25, 0.3) is 0 Å². The lowest BCUT2D eigenvalue weighted by atomic mass is 10.1. The molecule has 3 heterocycles. The first kappa shape index (κ1) is 24.3. The Morgan fingerprint density at radius 1 is 1.20 bits per heavy atom. The fourth-order valence-corrected chi connectivity index (χ4v) is 3.97.